The van der Waals surface area contributed by atoms with Gasteiger partial charge in [0.15, 0.2) is 0 Å². The summed E-state index contributed by atoms with van der Waals surface area (Å²) in [7, 11) is 0. The summed E-state index contributed by atoms with van der Waals surface area (Å²) in [5.41, 5.74) is 5.93. The smallest absolute Gasteiger partial charge is 0.0712 e. The summed E-state index contributed by atoms with van der Waals surface area (Å²) >= 11 is 0. The van der Waals surface area contributed by atoms with E-state index in [4.69, 9.17) is 22.6 Å². The molecule has 46 heavy (non-hydrogen) atoms. The summed E-state index contributed by atoms with van der Waals surface area (Å²) in [5, 5.41) is 4.82. The first-order valence-electron chi connectivity index (χ1n) is 15.3. The van der Waals surface area contributed by atoms with E-state index in [-0.39, 0.29) is 0 Å². The van der Waals surface area contributed by atoms with Crippen molar-refractivity contribution in [1.82, 2.24) is 9.97 Å². The molecule has 0 radical (unpaired) electrons. The van der Waals surface area contributed by atoms with Crippen LogP contribution in [0.5, 0.6) is 0 Å². The predicted molar refractivity (Wildman–Crippen MR) is 205 cm³/mol. The highest BCUT2D eigenvalue weighted by Gasteiger charge is 2.25. The van der Waals surface area contributed by atoms with Crippen LogP contribution in [0.4, 0.5) is 0 Å². The zero-order chi connectivity index (χ0) is 31.4. The molecule has 4 heteroatoms. The van der Waals surface area contributed by atoms with Crippen LogP contribution in [0.25, 0.3) is 22.5 Å². The van der Waals surface area contributed by atoms with Gasteiger partial charge >= 0.3 is 0 Å². The Balaban J connectivity index is 1.31. The largest absolute Gasteiger partial charge is 0.247 e. The van der Waals surface area contributed by atoms with Crippen molar-refractivity contribution < 1.29 is 0 Å². The van der Waals surface area contributed by atoms with E-state index in [1.807, 2.05) is 0 Å². The lowest BCUT2D eigenvalue weighted by Gasteiger charge is -2.26. The Labute approximate surface area is 272 Å². The summed E-state index contributed by atoms with van der Waals surface area (Å²) in [5.74, 6) is 0. The minimum Gasteiger partial charge on any atom is -0.247 e. The van der Waals surface area contributed by atoms with Crippen molar-refractivity contribution in [2.24, 2.45) is 0 Å². The van der Waals surface area contributed by atoms with Gasteiger partial charge in [0.2, 0.25) is 0 Å². The van der Waals surface area contributed by atoms with Gasteiger partial charge in [-0.25, -0.2) is 9.97 Å². The second-order valence-corrected chi connectivity index (χ2v) is 17.5. The van der Waals surface area contributed by atoms with Crippen LogP contribution in [0, 0.1) is 0 Å². The SMILES string of the molecule is C=P(c1ccccc1)(c1ccccc1)c1cccc(-c2cccc(-c3cccc(P(=C)(c4ccccc4)c4ccccc4)n3)c2)n1. The molecular formula is C42H34N2P2. The number of hydrogen-bond acceptors (Lipinski definition) is 2. The van der Waals surface area contributed by atoms with Crippen molar-refractivity contribution in [3.8, 4) is 22.5 Å². The molecule has 0 aliphatic carbocycles. The Morgan fingerprint density at radius 3 is 0.957 bits per heavy atom. The average molecular weight is 629 g/mol. The second kappa shape index (κ2) is 12.8. The van der Waals surface area contributed by atoms with Gasteiger partial charge in [0.05, 0.1) is 22.3 Å². The maximum absolute atomic E-state index is 5.30. The van der Waals surface area contributed by atoms with Crippen LogP contribution >= 0.6 is 13.8 Å². The Morgan fingerprint density at radius 1 is 0.326 bits per heavy atom. The lowest BCUT2D eigenvalue weighted by molar-refractivity contribution is 1.36. The van der Waals surface area contributed by atoms with E-state index in [1.54, 1.807) is 0 Å². The Kier molecular flexibility index (Phi) is 8.25. The highest BCUT2D eigenvalue weighted by atomic mass is 31.2. The van der Waals surface area contributed by atoms with Gasteiger partial charge < -0.3 is 0 Å². The van der Waals surface area contributed by atoms with E-state index in [1.165, 1.54) is 21.2 Å². The van der Waals surface area contributed by atoms with E-state index < -0.39 is 13.8 Å². The first-order chi connectivity index (χ1) is 22.6. The lowest BCUT2D eigenvalue weighted by Crippen LogP contribution is -2.27. The number of hydrogen-bond donors (Lipinski definition) is 0. The third-order valence-electron chi connectivity index (χ3n) is 8.49. The summed E-state index contributed by atoms with van der Waals surface area (Å²) in [6, 6.07) is 63.5. The zero-order valence-corrected chi connectivity index (χ0v) is 27.3. The van der Waals surface area contributed by atoms with Crippen LogP contribution in [0.15, 0.2) is 182 Å². The summed E-state index contributed by atoms with van der Waals surface area (Å²) in [6.07, 6.45) is 9.80. The van der Waals surface area contributed by atoms with Crippen molar-refractivity contribution in [3.05, 3.63) is 182 Å². The van der Waals surface area contributed by atoms with E-state index in [0.717, 1.165) is 33.4 Å². The number of aromatic nitrogens is 2. The maximum Gasteiger partial charge on any atom is 0.0712 e. The molecule has 0 saturated carbocycles. The van der Waals surface area contributed by atoms with Gasteiger partial charge in [-0.1, -0.05) is 164 Å². The van der Waals surface area contributed by atoms with E-state index in [9.17, 15) is 0 Å². The van der Waals surface area contributed by atoms with E-state index in [0.29, 0.717) is 0 Å². The number of benzene rings is 5. The van der Waals surface area contributed by atoms with Crippen LogP contribution in [-0.2, 0) is 0 Å². The molecule has 5 aromatic carbocycles. The summed E-state index contributed by atoms with van der Waals surface area (Å²) in [6.45, 7) is -4.41. The molecule has 0 N–H and O–H groups in total. The van der Waals surface area contributed by atoms with Crippen LogP contribution in [0.2, 0.25) is 0 Å². The van der Waals surface area contributed by atoms with Crippen LogP contribution in [0.3, 0.4) is 0 Å². The fourth-order valence-electron chi connectivity index (χ4n) is 5.99. The van der Waals surface area contributed by atoms with E-state index >= 15 is 0 Å². The van der Waals surface area contributed by atoms with Crippen molar-refractivity contribution >= 4 is 58.5 Å². The van der Waals surface area contributed by atoms with Gasteiger partial charge in [-0.05, 0) is 65.3 Å². The average Bonchev–Trinajstić information content (AvgIpc) is 3.16. The van der Waals surface area contributed by atoms with Crippen LogP contribution < -0.4 is 32.1 Å². The molecule has 7 aromatic rings. The number of nitrogens with zero attached hydrogens (tertiary/aromatic N) is 2. The molecule has 0 atom stereocenters. The molecule has 0 unspecified atom stereocenters. The van der Waals surface area contributed by atoms with Gasteiger partial charge in [0, 0.05) is 11.1 Å². The third kappa shape index (κ3) is 5.52. The molecular weight excluding hydrogens is 594 g/mol. The molecule has 2 aromatic heterocycles. The Morgan fingerprint density at radius 2 is 0.630 bits per heavy atom. The summed E-state index contributed by atoms with van der Waals surface area (Å²) < 4.78 is 0. The fourth-order valence-corrected chi connectivity index (χ4v) is 11.6. The highest BCUT2D eigenvalue weighted by molar-refractivity contribution is 7.93. The highest BCUT2D eigenvalue weighted by Crippen LogP contribution is 2.42. The molecule has 0 fully saturated rings. The molecule has 0 saturated heterocycles. The molecule has 0 aliphatic heterocycles. The monoisotopic (exact) mass is 628 g/mol. The van der Waals surface area contributed by atoms with Crippen molar-refractivity contribution in [1.29, 1.82) is 0 Å². The molecule has 0 aliphatic rings. The first kappa shape index (κ1) is 29.7. The zero-order valence-electron chi connectivity index (χ0n) is 25.5. The minimum atomic E-state index is -2.20. The van der Waals surface area contributed by atoms with Crippen molar-refractivity contribution in [3.63, 3.8) is 0 Å². The Hall–Kier alpha value is -5.00. The normalized spacial score (nSPS) is 11.7. The van der Waals surface area contributed by atoms with Gasteiger partial charge in [0.25, 0.3) is 0 Å². The van der Waals surface area contributed by atoms with Crippen molar-refractivity contribution in [2.75, 3.05) is 0 Å². The van der Waals surface area contributed by atoms with Crippen LogP contribution in [0.1, 0.15) is 0 Å². The van der Waals surface area contributed by atoms with Crippen molar-refractivity contribution in [2.45, 2.75) is 0 Å². The van der Waals surface area contributed by atoms with Gasteiger partial charge in [-0.15, -0.1) is 0 Å². The van der Waals surface area contributed by atoms with Crippen LogP contribution in [-0.4, -0.2) is 22.6 Å². The quantitative estimate of drug-likeness (QED) is 0.166. The van der Waals surface area contributed by atoms with Gasteiger partial charge in [0.1, 0.15) is 0 Å². The Bertz CT molecular complexity index is 1950. The van der Waals surface area contributed by atoms with Gasteiger partial charge in [-0.3, -0.25) is 0 Å². The molecule has 0 bridgehead atoms. The molecule has 222 valence electrons. The second-order valence-electron chi connectivity index (χ2n) is 11.3. The van der Waals surface area contributed by atoms with E-state index in [2.05, 4.69) is 182 Å². The topological polar surface area (TPSA) is 25.8 Å². The fraction of sp³-hybridized carbons (Fsp3) is 0. The maximum atomic E-state index is 5.30. The standard InChI is InChI=1S/C42H34N2P2/c1-45(35-20-7-3-8-21-35,36-22-9-4-10-23-36)41-30-16-28-39(43-41)33-18-15-19-34(32-33)40-29-17-31-42(44-40)46(2,37-24-11-5-12-25-37)38-26-13-6-14-27-38/h3-32H,1-2H2. The lowest BCUT2D eigenvalue weighted by atomic mass is 10.1. The first-order valence-corrected chi connectivity index (χ1v) is 19.3. The van der Waals surface area contributed by atoms with Gasteiger partial charge in [-0.2, -0.15) is 0 Å². The third-order valence-corrected chi connectivity index (χ3v) is 15.3. The molecule has 2 nitrogen and oxygen atoms in total. The molecule has 7 rings (SSSR count). The minimum absolute atomic E-state index is 0.919. The molecule has 2 heterocycles. The molecule has 0 amide bonds. The number of pyridine rings is 2. The molecule has 0 spiro atoms. The number of rotatable bonds is 8. The predicted octanol–water partition coefficient (Wildman–Crippen LogP) is 7.26. The summed E-state index contributed by atoms with van der Waals surface area (Å²) in [4.78, 5) is 10.6.